The Kier molecular flexibility index (Phi) is 4.69. The molecule has 0 bridgehead atoms. The second kappa shape index (κ2) is 6.91. The number of hydrogen-bond acceptors (Lipinski definition) is 8. The summed E-state index contributed by atoms with van der Waals surface area (Å²) in [6.07, 6.45) is 3.10. The van der Waals surface area contributed by atoms with Gasteiger partial charge in [-0.25, -0.2) is 28.1 Å². The zero-order valence-electron chi connectivity index (χ0n) is 12.6. The third-order valence-corrected chi connectivity index (χ3v) is 5.12. The molecule has 0 unspecified atom stereocenters. The molecule has 8 nitrogen and oxygen atoms in total. The molecule has 2 aromatic heterocycles. The van der Waals surface area contributed by atoms with Gasteiger partial charge < -0.3 is 10.6 Å². The average molecular weight is 362 g/mol. The van der Waals surface area contributed by atoms with E-state index in [1.807, 2.05) is 5.38 Å². The number of thiazole rings is 1. The number of benzene rings is 1. The molecule has 0 aliphatic carbocycles. The Morgan fingerprint density at radius 3 is 2.54 bits per heavy atom. The topological polar surface area (TPSA) is 109 Å². The molecule has 1 aromatic carbocycles. The summed E-state index contributed by atoms with van der Waals surface area (Å²) in [5.74, 6) is 1.12. The maximum Gasteiger partial charge on any atom is 0.240 e. The van der Waals surface area contributed by atoms with Gasteiger partial charge in [0.1, 0.15) is 18.0 Å². The molecule has 10 heteroatoms. The maximum atomic E-state index is 11.9. The van der Waals surface area contributed by atoms with Crippen molar-refractivity contribution in [2.24, 2.45) is 0 Å². The minimum absolute atomic E-state index is 0.171. The Labute approximate surface area is 143 Å². The van der Waals surface area contributed by atoms with Crippen LogP contribution in [-0.4, -0.2) is 30.4 Å². The van der Waals surface area contributed by atoms with Gasteiger partial charge >= 0.3 is 0 Å². The number of aromatic nitrogens is 3. The normalized spacial score (nSPS) is 11.2. The first-order chi connectivity index (χ1) is 11.6. The van der Waals surface area contributed by atoms with E-state index in [9.17, 15) is 8.42 Å². The fourth-order valence-corrected chi connectivity index (χ4v) is 3.21. The molecule has 0 fully saturated rings. The van der Waals surface area contributed by atoms with E-state index in [0.717, 1.165) is 5.13 Å². The Balaban J connectivity index is 1.80. The molecular formula is C14H14N6O2S2. The molecule has 3 aromatic rings. The van der Waals surface area contributed by atoms with Crippen LogP contribution in [0, 0.1) is 0 Å². The van der Waals surface area contributed by atoms with Gasteiger partial charge in [-0.1, -0.05) is 6.07 Å². The number of nitrogens with zero attached hydrogens (tertiary/aromatic N) is 3. The van der Waals surface area contributed by atoms with Crippen LogP contribution in [0.5, 0.6) is 0 Å². The first-order valence-corrected chi connectivity index (χ1v) is 9.22. The van der Waals surface area contributed by atoms with Crippen molar-refractivity contribution in [3.8, 4) is 0 Å². The summed E-state index contributed by atoms with van der Waals surface area (Å²) in [6.45, 7) is 0. The fraction of sp³-hybridized carbons (Fsp3) is 0.0714. The van der Waals surface area contributed by atoms with E-state index in [1.54, 1.807) is 24.4 Å². The summed E-state index contributed by atoms with van der Waals surface area (Å²) in [5.41, 5.74) is 0.602. The Bertz CT molecular complexity index is 928. The lowest BCUT2D eigenvalue weighted by atomic mass is 10.3. The Morgan fingerprint density at radius 1 is 1.04 bits per heavy atom. The summed E-state index contributed by atoms with van der Waals surface area (Å²) in [5, 5.41) is 8.71. The standard InChI is InChI=1S/C14H14N6O2S2/c1-15-24(21,22)11-4-2-3-10(7-11)19-12-8-13(18-9-17-12)20-14-16-5-6-23-14/h2-9,15H,1H3,(H2,16,17,18,19,20). The van der Waals surface area contributed by atoms with Crippen molar-refractivity contribution < 1.29 is 8.42 Å². The van der Waals surface area contributed by atoms with Gasteiger partial charge in [0.2, 0.25) is 10.0 Å². The van der Waals surface area contributed by atoms with E-state index in [1.165, 1.54) is 36.8 Å². The third kappa shape index (κ3) is 3.85. The van der Waals surface area contributed by atoms with Crippen LogP contribution in [0.2, 0.25) is 0 Å². The molecule has 3 N–H and O–H groups in total. The lowest BCUT2D eigenvalue weighted by molar-refractivity contribution is 0.588. The van der Waals surface area contributed by atoms with Gasteiger partial charge in [-0.15, -0.1) is 11.3 Å². The molecule has 0 atom stereocenters. The van der Waals surface area contributed by atoms with Crippen molar-refractivity contribution in [1.29, 1.82) is 0 Å². The van der Waals surface area contributed by atoms with E-state index >= 15 is 0 Å². The number of nitrogens with one attached hydrogen (secondary N) is 3. The molecule has 24 heavy (non-hydrogen) atoms. The monoisotopic (exact) mass is 362 g/mol. The summed E-state index contributed by atoms with van der Waals surface area (Å²) >= 11 is 1.46. The van der Waals surface area contributed by atoms with E-state index in [-0.39, 0.29) is 4.90 Å². The van der Waals surface area contributed by atoms with Crippen LogP contribution >= 0.6 is 11.3 Å². The van der Waals surface area contributed by atoms with Gasteiger partial charge in [-0.05, 0) is 25.2 Å². The van der Waals surface area contributed by atoms with Gasteiger partial charge in [-0.3, -0.25) is 0 Å². The molecule has 0 aliphatic heterocycles. The molecule has 3 rings (SSSR count). The summed E-state index contributed by atoms with van der Waals surface area (Å²) in [6, 6.07) is 8.17. The van der Waals surface area contributed by atoms with Crippen molar-refractivity contribution >= 4 is 43.8 Å². The number of hydrogen-bond donors (Lipinski definition) is 3. The van der Waals surface area contributed by atoms with Gasteiger partial charge in [0.25, 0.3) is 0 Å². The van der Waals surface area contributed by atoms with E-state index in [2.05, 4.69) is 30.3 Å². The van der Waals surface area contributed by atoms with Gasteiger partial charge in [-0.2, -0.15) is 0 Å². The Hall–Kier alpha value is -2.56. The fourth-order valence-electron chi connectivity index (χ4n) is 1.90. The van der Waals surface area contributed by atoms with Crippen molar-refractivity contribution in [1.82, 2.24) is 19.7 Å². The SMILES string of the molecule is CNS(=O)(=O)c1cccc(Nc2cc(Nc3nccs3)ncn2)c1. The zero-order chi connectivity index (χ0) is 17.0. The molecule has 2 heterocycles. The number of anilines is 4. The van der Waals surface area contributed by atoms with E-state index in [4.69, 9.17) is 0 Å². The maximum absolute atomic E-state index is 11.9. The van der Waals surface area contributed by atoms with Crippen LogP contribution in [0.4, 0.5) is 22.5 Å². The lowest BCUT2D eigenvalue weighted by Crippen LogP contribution is -2.18. The van der Waals surface area contributed by atoms with Gasteiger partial charge in [0.05, 0.1) is 4.90 Å². The minimum atomic E-state index is -3.50. The molecule has 0 radical (unpaired) electrons. The van der Waals surface area contributed by atoms with Crippen molar-refractivity contribution in [3.05, 3.63) is 48.2 Å². The van der Waals surface area contributed by atoms with Crippen LogP contribution in [0.1, 0.15) is 0 Å². The first kappa shape index (κ1) is 16.3. The van der Waals surface area contributed by atoms with Crippen LogP contribution in [0.25, 0.3) is 0 Å². The first-order valence-electron chi connectivity index (χ1n) is 6.86. The highest BCUT2D eigenvalue weighted by atomic mass is 32.2. The van der Waals surface area contributed by atoms with Gasteiger partial charge in [0, 0.05) is 23.3 Å². The van der Waals surface area contributed by atoms with E-state index in [0.29, 0.717) is 17.3 Å². The molecule has 124 valence electrons. The Morgan fingerprint density at radius 2 is 1.83 bits per heavy atom. The van der Waals surface area contributed by atoms with E-state index < -0.39 is 10.0 Å². The lowest BCUT2D eigenvalue weighted by Gasteiger charge is -2.09. The highest BCUT2D eigenvalue weighted by Gasteiger charge is 2.11. The molecule has 0 spiro atoms. The molecule has 0 saturated heterocycles. The summed E-state index contributed by atoms with van der Waals surface area (Å²) < 4.78 is 26.0. The minimum Gasteiger partial charge on any atom is -0.340 e. The molecule has 0 saturated carbocycles. The quantitative estimate of drug-likeness (QED) is 0.617. The van der Waals surface area contributed by atoms with Crippen LogP contribution in [0.15, 0.2) is 53.1 Å². The number of rotatable bonds is 6. The number of sulfonamides is 1. The predicted molar refractivity (Wildman–Crippen MR) is 93.4 cm³/mol. The third-order valence-electron chi connectivity index (χ3n) is 3.02. The van der Waals surface area contributed by atoms with Gasteiger partial charge in [0.15, 0.2) is 5.13 Å². The zero-order valence-corrected chi connectivity index (χ0v) is 14.2. The molecule has 0 aliphatic rings. The van der Waals surface area contributed by atoms with Crippen molar-refractivity contribution in [2.45, 2.75) is 4.90 Å². The highest BCUT2D eigenvalue weighted by molar-refractivity contribution is 7.89. The predicted octanol–water partition coefficient (Wildman–Crippen LogP) is 2.33. The second-order valence-corrected chi connectivity index (χ2v) is 7.39. The molecular weight excluding hydrogens is 348 g/mol. The second-order valence-electron chi connectivity index (χ2n) is 4.61. The highest BCUT2D eigenvalue weighted by Crippen LogP contribution is 2.22. The molecule has 0 amide bonds. The average Bonchev–Trinajstić information content (AvgIpc) is 3.08. The summed E-state index contributed by atoms with van der Waals surface area (Å²) in [7, 11) is -2.13. The smallest absolute Gasteiger partial charge is 0.240 e. The van der Waals surface area contributed by atoms with Crippen LogP contribution < -0.4 is 15.4 Å². The van der Waals surface area contributed by atoms with Crippen molar-refractivity contribution in [3.63, 3.8) is 0 Å². The largest absolute Gasteiger partial charge is 0.340 e. The summed E-state index contributed by atoms with van der Waals surface area (Å²) in [4.78, 5) is 12.6. The van der Waals surface area contributed by atoms with Crippen molar-refractivity contribution in [2.75, 3.05) is 17.7 Å². The van der Waals surface area contributed by atoms with Crippen LogP contribution in [0.3, 0.4) is 0 Å². The van der Waals surface area contributed by atoms with Crippen LogP contribution in [-0.2, 0) is 10.0 Å².